The molecule has 0 saturated carbocycles. The summed E-state index contributed by atoms with van der Waals surface area (Å²) < 4.78 is 10.5. The zero-order valence-electron chi connectivity index (χ0n) is 18.8. The molecule has 1 aliphatic heterocycles. The maximum Gasteiger partial charge on any atom is 0.259 e. The molecule has 1 aliphatic rings. The summed E-state index contributed by atoms with van der Waals surface area (Å²) in [5.41, 5.74) is 3.19. The van der Waals surface area contributed by atoms with Crippen molar-refractivity contribution in [3.05, 3.63) is 23.8 Å². The van der Waals surface area contributed by atoms with E-state index < -0.39 is 0 Å². The molecule has 0 spiro atoms. The van der Waals surface area contributed by atoms with Gasteiger partial charge in [-0.25, -0.2) is 5.43 Å². The lowest BCUT2D eigenvalue weighted by molar-refractivity contribution is -0.126. The molecule has 0 bridgehead atoms. The van der Waals surface area contributed by atoms with Crippen LogP contribution in [-0.4, -0.2) is 31.4 Å². The van der Waals surface area contributed by atoms with Gasteiger partial charge in [0.1, 0.15) is 0 Å². The Labute approximate surface area is 186 Å². The molecule has 7 nitrogen and oxygen atoms in total. The number of hydrogen-bond donors (Lipinski definition) is 2. The van der Waals surface area contributed by atoms with Crippen LogP contribution in [-0.2, 0) is 9.59 Å². The van der Waals surface area contributed by atoms with Crippen molar-refractivity contribution in [2.45, 2.75) is 84.0 Å². The fraction of sp³-hybridized carbons (Fsp3) is 0.625. The number of hydrogen-bond acceptors (Lipinski definition) is 5. The highest BCUT2D eigenvalue weighted by atomic mass is 16.7. The minimum atomic E-state index is -0.357. The van der Waals surface area contributed by atoms with Gasteiger partial charge in [0.25, 0.3) is 5.91 Å². The summed E-state index contributed by atoms with van der Waals surface area (Å²) in [6.07, 6.45) is 15.7. The Hall–Kier alpha value is -2.57. The van der Waals surface area contributed by atoms with Crippen molar-refractivity contribution in [1.82, 2.24) is 10.7 Å². The second-order valence-electron chi connectivity index (χ2n) is 7.97. The smallest absolute Gasteiger partial charge is 0.259 e. The number of hydrazone groups is 1. The number of ether oxygens (including phenoxy) is 2. The van der Waals surface area contributed by atoms with E-state index in [2.05, 4.69) is 22.8 Å². The van der Waals surface area contributed by atoms with Gasteiger partial charge in [-0.15, -0.1) is 0 Å². The van der Waals surface area contributed by atoms with Gasteiger partial charge in [-0.2, -0.15) is 5.10 Å². The highest BCUT2D eigenvalue weighted by Gasteiger charge is 2.12. The number of carbonyl (C=O) groups is 2. The summed E-state index contributed by atoms with van der Waals surface area (Å²) in [6.45, 7) is 2.38. The lowest BCUT2D eigenvalue weighted by Crippen LogP contribution is -2.34. The minimum absolute atomic E-state index is 0.0741. The van der Waals surface area contributed by atoms with E-state index in [1.165, 1.54) is 64.0 Å². The topological polar surface area (TPSA) is 89.0 Å². The fourth-order valence-corrected chi connectivity index (χ4v) is 3.43. The first-order valence-corrected chi connectivity index (χ1v) is 11.7. The van der Waals surface area contributed by atoms with Crippen molar-refractivity contribution in [1.29, 1.82) is 0 Å². The first-order valence-electron chi connectivity index (χ1n) is 11.7. The monoisotopic (exact) mass is 431 g/mol. The standard InChI is InChI=1S/C24H37N3O4/c1-2-3-4-5-6-7-8-9-10-11-12-13-23(28)25-18-24(29)27-26-17-20-14-15-21-22(16-20)31-19-30-21/h14-17H,2-13,18-19H2,1H3,(H,25,28)(H,27,29)/b26-17-. The summed E-state index contributed by atoms with van der Waals surface area (Å²) in [4.78, 5) is 23.7. The highest BCUT2D eigenvalue weighted by Crippen LogP contribution is 2.31. The number of nitrogens with zero attached hydrogens (tertiary/aromatic N) is 1. The minimum Gasteiger partial charge on any atom is -0.454 e. The Bertz CT molecular complexity index is 706. The molecule has 31 heavy (non-hydrogen) atoms. The first-order chi connectivity index (χ1) is 15.2. The summed E-state index contributed by atoms with van der Waals surface area (Å²) in [5.74, 6) is 0.904. The van der Waals surface area contributed by atoms with Gasteiger partial charge in [-0.3, -0.25) is 9.59 Å². The summed E-state index contributed by atoms with van der Waals surface area (Å²) in [6, 6.07) is 5.40. The first kappa shape index (κ1) is 24.7. The van der Waals surface area contributed by atoms with Crippen LogP contribution in [0.3, 0.4) is 0 Å². The molecule has 2 rings (SSSR count). The molecule has 0 saturated heterocycles. The Balaban J connectivity index is 1.44. The molecular weight excluding hydrogens is 394 g/mol. The predicted molar refractivity (Wildman–Crippen MR) is 122 cm³/mol. The van der Waals surface area contributed by atoms with Gasteiger partial charge in [0, 0.05) is 6.42 Å². The van der Waals surface area contributed by atoms with Crippen LogP contribution in [0.2, 0.25) is 0 Å². The van der Waals surface area contributed by atoms with E-state index in [0.29, 0.717) is 17.9 Å². The molecule has 0 atom stereocenters. The average Bonchev–Trinajstić information content (AvgIpc) is 3.24. The Kier molecular flexibility index (Phi) is 12.2. The molecule has 2 amide bonds. The van der Waals surface area contributed by atoms with Gasteiger partial charge in [0.15, 0.2) is 11.5 Å². The zero-order valence-corrected chi connectivity index (χ0v) is 18.8. The van der Waals surface area contributed by atoms with Crippen molar-refractivity contribution in [2.24, 2.45) is 5.10 Å². The van der Waals surface area contributed by atoms with E-state index in [1.807, 2.05) is 6.07 Å². The third kappa shape index (κ3) is 10.9. The van der Waals surface area contributed by atoms with Gasteiger partial charge in [-0.05, 0) is 30.2 Å². The van der Waals surface area contributed by atoms with Crippen LogP contribution in [0.25, 0.3) is 0 Å². The van der Waals surface area contributed by atoms with Crippen molar-refractivity contribution >= 4 is 18.0 Å². The molecule has 0 fully saturated rings. The predicted octanol–water partition coefficient (Wildman–Crippen LogP) is 4.68. The van der Waals surface area contributed by atoms with Crippen LogP contribution >= 0.6 is 0 Å². The van der Waals surface area contributed by atoms with Crippen molar-refractivity contribution in [2.75, 3.05) is 13.3 Å². The van der Waals surface area contributed by atoms with Crippen molar-refractivity contribution in [3.8, 4) is 11.5 Å². The highest BCUT2D eigenvalue weighted by molar-refractivity contribution is 5.86. The molecular formula is C24H37N3O4. The number of unbranched alkanes of at least 4 members (excludes halogenated alkanes) is 10. The van der Waals surface area contributed by atoms with Crippen LogP contribution in [0.1, 0.15) is 89.5 Å². The van der Waals surface area contributed by atoms with Crippen LogP contribution in [0.15, 0.2) is 23.3 Å². The molecule has 2 N–H and O–H groups in total. The molecule has 0 radical (unpaired) electrons. The number of carbonyl (C=O) groups excluding carboxylic acids is 2. The van der Waals surface area contributed by atoms with E-state index in [1.54, 1.807) is 12.1 Å². The molecule has 1 aromatic rings. The van der Waals surface area contributed by atoms with Crippen LogP contribution in [0.5, 0.6) is 11.5 Å². The van der Waals surface area contributed by atoms with Gasteiger partial charge in [0.05, 0.1) is 12.8 Å². The summed E-state index contributed by atoms with van der Waals surface area (Å²) in [7, 11) is 0. The third-order valence-electron chi connectivity index (χ3n) is 5.25. The quantitative estimate of drug-likeness (QED) is 0.226. The van der Waals surface area contributed by atoms with Crippen LogP contribution in [0.4, 0.5) is 0 Å². The van der Waals surface area contributed by atoms with E-state index in [0.717, 1.165) is 18.4 Å². The second kappa shape index (κ2) is 15.3. The molecule has 0 aromatic heterocycles. The normalized spacial score (nSPS) is 12.3. The Morgan fingerprint density at radius 2 is 1.55 bits per heavy atom. The number of benzene rings is 1. The van der Waals surface area contributed by atoms with Gasteiger partial charge in [0.2, 0.25) is 12.7 Å². The molecule has 1 heterocycles. The summed E-state index contributed by atoms with van der Waals surface area (Å²) in [5, 5.41) is 6.54. The van der Waals surface area contributed by atoms with E-state index in [4.69, 9.17) is 9.47 Å². The maximum absolute atomic E-state index is 11.9. The average molecular weight is 432 g/mol. The third-order valence-corrected chi connectivity index (χ3v) is 5.25. The molecule has 0 unspecified atom stereocenters. The molecule has 172 valence electrons. The van der Waals surface area contributed by atoms with E-state index in [9.17, 15) is 9.59 Å². The summed E-state index contributed by atoms with van der Waals surface area (Å²) >= 11 is 0. The molecule has 7 heteroatoms. The number of amides is 2. The van der Waals surface area contributed by atoms with Gasteiger partial charge < -0.3 is 14.8 Å². The van der Waals surface area contributed by atoms with Crippen LogP contribution < -0.4 is 20.2 Å². The second-order valence-corrected chi connectivity index (χ2v) is 7.97. The van der Waals surface area contributed by atoms with Gasteiger partial charge in [-0.1, -0.05) is 71.1 Å². The zero-order chi connectivity index (χ0) is 22.2. The lowest BCUT2D eigenvalue weighted by Gasteiger charge is -2.05. The number of fused-ring (bicyclic) bond motifs is 1. The fourth-order valence-electron chi connectivity index (χ4n) is 3.43. The number of rotatable bonds is 16. The largest absolute Gasteiger partial charge is 0.454 e. The SMILES string of the molecule is CCCCCCCCCCCCCC(=O)NCC(=O)N/N=C\c1ccc2c(c1)OCO2. The maximum atomic E-state index is 11.9. The van der Waals surface area contributed by atoms with E-state index >= 15 is 0 Å². The Morgan fingerprint density at radius 3 is 2.26 bits per heavy atom. The number of nitrogens with one attached hydrogen (secondary N) is 2. The lowest BCUT2D eigenvalue weighted by atomic mass is 10.1. The van der Waals surface area contributed by atoms with E-state index in [-0.39, 0.29) is 25.2 Å². The molecule has 1 aromatic carbocycles. The molecule has 0 aliphatic carbocycles. The van der Waals surface area contributed by atoms with Crippen LogP contribution in [0, 0.1) is 0 Å². The van der Waals surface area contributed by atoms with Gasteiger partial charge >= 0.3 is 0 Å². The Morgan fingerprint density at radius 1 is 0.903 bits per heavy atom. The van der Waals surface area contributed by atoms with Crippen molar-refractivity contribution < 1.29 is 19.1 Å². The van der Waals surface area contributed by atoms with Crippen molar-refractivity contribution in [3.63, 3.8) is 0 Å².